The first kappa shape index (κ1) is 19.5. The van der Waals surface area contributed by atoms with Crippen LogP contribution in [0.15, 0.2) is 54.6 Å². The predicted molar refractivity (Wildman–Crippen MR) is 121 cm³/mol. The molecule has 1 fully saturated rings. The number of hydrogen-bond donors (Lipinski definition) is 0. The molecule has 30 heavy (non-hydrogen) atoms. The summed E-state index contributed by atoms with van der Waals surface area (Å²) in [7, 11) is 1.79. The summed E-state index contributed by atoms with van der Waals surface area (Å²) >= 11 is 0. The number of nitrogens with zero attached hydrogens (tertiary/aromatic N) is 3. The Bertz CT molecular complexity index is 996. The molecule has 0 atom stereocenters. The first-order valence-corrected chi connectivity index (χ1v) is 11.2. The number of para-hydroxylation sites is 1. The van der Waals surface area contributed by atoms with Crippen molar-refractivity contribution in [2.24, 2.45) is 5.92 Å². The van der Waals surface area contributed by atoms with Crippen LogP contribution in [0.1, 0.15) is 36.1 Å². The Labute approximate surface area is 179 Å². The molecule has 1 saturated heterocycles. The number of hydrogen-bond acceptors (Lipinski definition) is 4. The van der Waals surface area contributed by atoms with Gasteiger partial charge in [-0.15, -0.1) is 0 Å². The van der Waals surface area contributed by atoms with Gasteiger partial charge in [-0.25, -0.2) is 0 Å². The Morgan fingerprint density at radius 3 is 2.50 bits per heavy atom. The molecule has 4 heteroatoms. The summed E-state index contributed by atoms with van der Waals surface area (Å²) in [5, 5.41) is 1.13. The number of fused-ring (bicyclic) bond motifs is 2. The van der Waals surface area contributed by atoms with Crippen LogP contribution in [0, 0.1) is 5.92 Å². The second kappa shape index (κ2) is 8.75. The fourth-order valence-corrected chi connectivity index (χ4v) is 5.09. The quantitative estimate of drug-likeness (QED) is 0.590. The van der Waals surface area contributed by atoms with Crippen LogP contribution in [0.4, 0.5) is 0 Å². The Balaban J connectivity index is 1.15. The monoisotopic (exact) mass is 401 g/mol. The van der Waals surface area contributed by atoms with Gasteiger partial charge >= 0.3 is 0 Å². The summed E-state index contributed by atoms with van der Waals surface area (Å²) in [4.78, 5) is 10.1. The van der Waals surface area contributed by atoms with Gasteiger partial charge in [0.05, 0.1) is 18.3 Å². The molecule has 0 N–H and O–H groups in total. The Morgan fingerprint density at radius 1 is 0.933 bits per heavy atom. The van der Waals surface area contributed by atoms with Crippen molar-refractivity contribution in [1.82, 2.24) is 14.8 Å². The molecular formula is C26H31N3O. The maximum atomic E-state index is 5.80. The van der Waals surface area contributed by atoms with E-state index in [0.29, 0.717) is 0 Å². The van der Waals surface area contributed by atoms with Gasteiger partial charge in [0.1, 0.15) is 5.75 Å². The highest BCUT2D eigenvalue weighted by atomic mass is 16.5. The molecule has 0 unspecified atom stereocenters. The van der Waals surface area contributed by atoms with Crippen molar-refractivity contribution >= 4 is 10.9 Å². The van der Waals surface area contributed by atoms with Crippen molar-refractivity contribution in [1.29, 1.82) is 0 Å². The minimum atomic E-state index is 0.842. The number of ether oxygens (including phenoxy) is 1. The molecule has 0 aliphatic carbocycles. The number of benzene rings is 2. The first-order chi connectivity index (χ1) is 14.8. The number of methoxy groups -OCH3 is 1. The summed E-state index contributed by atoms with van der Waals surface area (Å²) in [6.45, 7) is 6.60. The van der Waals surface area contributed by atoms with Crippen LogP contribution < -0.4 is 4.74 Å². The van der Waals surface area contributed by atoms with Crippen molar-refractivity contribution < 1.29 is 4.74 Å². The van der Waals surface area contributed by atoms with Crippen LogP contribution in [0.5, 0.6) is 5.75 Å². The number of rotatable bonds is 6. The van der Waals surface area contributed by atoms with E-state index in [2.05, 4.69) is 64.4 Å². The predicted octanol–water partition coefficient (Wildman–Crippen LogP) is 4.86. The van der Waals surface area contributed by atoms with Gasteiger partial charge < -0.3 is 4.74 Å². The molecular weight excluding hydrogens is 370 g/mol. The smallest absolute Gasteiger partial charge is 0.134 e. The zero-order valence-corrected chi connectivity index (χ0v) is 17.9. The van der Waals surface area contributed by atoms with E-state index in [-0.39, 0.29) is 0 Å². The second-order valence-electron chi connectivity index (χ2n) is 8.79. The van der Waals surface area contributed by atoms with Gasteiger partial charge in [0.25, 0.3) is 0 Å². The van der Waals surface area contributed by atoms with E-state index in [0.717, 1.165) is 48.7 Å². The number of piperidine rings is 1. The SMILES string of the molecule is COc1c2c(nc3ccccc13)CN(CCC1CCN(Cc3ccccc3)CC1)C2. The summed E-state index contributed by atoms with van der Waals surface area (Å²) in [6, 6.07) is 19.2. The molecule has 2 aromatic carbocycles. The minimum Gasteiger partial charge on any atom is -0.496 e. The lowest BCUT2D eigenvalue weighted by atomic mass is 9.93. The highest BCUT2D eigenvalue weighted by Crippen LogP contribution is 2.36. The fourth-order valence-electron chi connectivity index (χ4n) is 5.09. The molecule has 2 aliphatic rings. The number of pyridine rings is 1. The first-order valence-electron chi connectivity index (χ1n) is 11.2. The van der Waals surface area contributed by atoms with E-state index in [4.69, 9.17) is 9.72 Å². The maximum Gasteiger partial charge on any atom is 0.134 e. The number of likely N-dealkylation sites (tertiary alicyclic amines) is 1. The molecule has 3 aromatic rings. The summed E-state index contributed by atoms with van der Waals surface area (Å²) in [6.07, 6.45) is 3.92. The fraction of sp³-hybridized carbons (Fsp3) is 0.423. The van der Waals surface area contributed by atoms with Crippen molar-refractivity contribution in [3.8, 4) is 5.75 Å². The minimum absolute atomic E-state index is 0.842. The average Bonchev–Trinajstić information content (AvgIpc) is 3.20. The van der Waals surface area contributed by atoms with Gasteiger partial charge in [-0.2, -0.15) is 0 Å². The molecule has 0 spiro atoms. The maximum absolute atomic E-state index is 5.80. The summed E-state index contributed by atoms with van der Waals surface area (Å²) < 4.78 is 5.80. The molecule has 0 saturated carbocycles. The van der Waals surface area contributed by atoms with Crippen LogP contribution in [-0.2, 0) is 19.6 Å². The van der Waals surface area contributed by atoms with Gasteiger partial charge in [-0.05, 0) is 62.5 Å². The Hall–Kier alpha value is -2.43. The van der Waals surface area contributed by atoms with Crippen molar-refractivity contribution in [3.05, 3.63) is 71.4 Å². The van der Waals surface area contributed by atoms with E-state index in [1.165, 1.54) is 49.2 Å². The van der Waals surface area contributed by atoms with E-state index in [1.54, 1.807) is 7.11 Å². The molecule has 4 nitrogen and oxygen atoms in total. The van der Waals surface area contributed by atoms with E-state index >= 15 is 0 Å². The molecule has 0 radical (unpaired) electrons. The second-order valence-corrected chi connectivity index (χ2v) is 8.79. The zero-order chi connectivity index (χ0) is 20.3. The van der Waals surface area contributed by atoms with Crippen LogP contribution >= 0.6 is 0 Å². The standard InChI is InChI=1S/C26H31N3O/c1-30-26-22-9-5-6-10-24(22)27-25-19-29(18-23(25)26)16-13-20-11-14-28(15-12-20)17-21-7-3-2-4-8-21/h2-10,20H,11-19H2,1H3. The van der Waals surface area contributed by atoms with Gasteiger partial charge in [0.2, 0.25) is 0 Å². The Kier molecular flexibility index (Phi) is 5.69. The lowest BCUT2D eigenvalue weighted by Crippen LogP contribution is -2.34. The largest absolute Gasteiger partial charge is 0.496 e. The summed E-state index contributed by atoms with van der Waals surface area (Å²) in [5.74, 6) is 1.86. The van der Waals surface area contributed by atoms with Crippen LogP contribution in [0.3, 0.4) is 0 Å². The normalized spacial score (nSPS) is 18.0. The van der Waals surface area contributed by atoms with Crippen LogP contribution in [0.2, 0.25) is 0 Å². The van der Waals surface area contributed by atoms with Crippen molar-refractivity contribution in [3.63, 3.8) is 0 Å². The van der Waals surface area contributed by atoms with Gasteiger partial charge in [0, 0.05) is 30.6 Å². The van der Waals surface area contributed by atoms with Gasteiger partial charge in [-0.3, -0.25) is 14.8 Å². The van der Waals surface area contributed by atoms with E-state index < -0.39 is 0 Å². The highest BCUT2D eigenvalue weighted by Gasteiger charge is 2.27. The molecule has 156 valence electrons. The van der Waals surface area contributed by atoms with Crippen molar-refractivity contribution in [2.75, 3.05) is 26.7 Å². The van der Waals surface area contributed by atoms with Gasteiger partial charge in [0.15, 0.2) is 0 Å². The summed E-state index contributed by atoms with van der Waals surface area (Å²) in [5.41, 5.74) is 4.96. The molecule has 3 heterocycles. The lowest BCUT2D eigenvalue weighted by Gasteiger charge is -2.32. The van der Waals surface area contributed by atoms with Gasteiger partial charge in [-0.1, -0.05) is 42.5 Å². The van der Waals surface area contributed by atoms with Crippen LogP contribution in [0.25, 0.3) is 10.9 Å². The molecule has 5 rings (SSSR count). The molecule has 0 amide bonds. The van der Waals surface area contributed by atoms with Crippen molar-refractivity contribution in [2.45, 2.75) is 38.9 Å². The Morgan fingerprint density at radius 2 is 1.70 bits per heavy atom. The third kappa shape index (κ3) is 4.07. The molecule has 1 aromatic heterocycles. The topological polar surface area (TPSA) is 28.6 Å². The van der Waals surface area contributed by atoms with E-state index in [1.807, 2.05) is 0 Å². The van der Waals surface area contributed by atoms with E-state index in [9.17, 15) is 0 Å². The lowest BCUT2D eigenvalue weighted by molar-refractivity contribution is 0.157. The average molecular weight is 402 g/mol. The third-order valence-corrected chi connectivity index (χ3v) is 6.80. The number of aromatic nitrogens is 1. The molecule has 2 aliphatic heterocycles. The third-order valence-electron chi connectivity index (χ3n) is 6.80. The zero-order valence-electron chi connectivity index (χ0n) is 17.9. The highest BCUT2D eigenvalue weighted by molar-refractivity contribution is 5.87. The molecule has 0 bridgehead atoms. The van der Waals surface area contributed by atoms with Crippen LogP contribution in [-0.4, -0.2) is 41.5 Å².